The van der Waals surface area contributed by atoms with Crippen LogP contribution in [0.1, 0.15) is 63.7 Å². The van der Waals surface area contributed by atoms with Crippen LogP contribution in [0, 0.1) is 6.92 Å². The van der Waals surface area contributed by atoms with Crippen molar-refractivity contribution in [2.45, 2.75) is 83.5 Å². The van der Waals surface area contributed by atoms with Gasteiger partial charge in [0.05, 0.1) is 6.54 Å². The van der Waals surface area contributed by atoms with E-state index in [1.807, 2.05) is 55.4 Å². The highest BCUT2D eigenvalue weighted by Crippen LogP contribution is 2.42. The predicted molar refractivity (Wildman–Crippen MR) is 125 cm³/mol. The molecule has 0 saturated heterocycles. The molecule has 178 valence electrons. The summed E-state index contributed by atoms with van der Waals surface area (Å²) >= 11 is 6.32. The van der Waals surface area contributed by atoms with Gasteiger partial charge in [0.15, 0.2) is 5.82 Å². The molecule has 1 aromatic carbocycles. The van der Waals surface area contributed by atoms with E-state index in [1.54, 1.807) is 0 Å². The van der Waals surface area contributed by atoms with Crippen molar-refractivity contribution in [1.29, 1.82) is 0 Å². The quantitative estimate of drug-likeness (QED) is 0.725. The van der Waals surface area contributed by atoms with Crippen molar-refractivity contribution >= 4 is 23.6 Å². The van der Waals surface area contributed by atoms with Gasteiger partial charge in [-0.05, 0) is 71.1 Å². The minimum atomic E-state index is -0.557. The van der Waals surface area contributed by atoms with Gasteiger partial charge in [0.1, 0.15) is 18.0 Å². The third kappa shape index (κ3) is 5.16. The molecule has 0 unspecified atom stereocenters. The number of rotatable bonds is 4. The second-order valence-corrected chi connectivity index (χ2v) is 10.6. The number of ether oxygens (including phenoxy) is 1. The molecule has 2 amide bonds. The standard InChI is InChI=1S/C24H32ClN5O3/c1-16-27-28-20-13-30(21(31)14-29(16)20)19-8-10-24(11-9-19,17-6-5-7-18(25)12-17)15-26-22(32)33-23(2,3)4/h5-7,12,19H,8-11,13-15H2,1-4H3,(H,26,32)/t19-,24-. The van der Waals surface area contributed by atoms with Gasteiger partial charge < -0.3 is 19.5 Å². The van der Waals surface area contributed by atoms with Crippen molar-refractivity contribution in [2.24, 2.45) is 0 Å². The number of nitrogens with one attached hydrogen (secondary N) is 1. The molecule has 9 heteroatoms. The zero-order chi connectivity index (χ0) is 23.8. The van der Waals surface area contributed by atoms with Crippen molar-refractivity contribution in [1.82, 2.24) is 25.0 Å². The fourth-order valence-electron chi connectivity index (χ4n) is 4.96. The molecule has 0 spiro atoms. The highest BCUT2D eigenvalue weighted by atomic mass is 35.5. The van der Waals surface area contributed by atoms with Gasteiger partial charge in [-0.2, -0.15) is 0 Å². The number of hydrogen-bond acceptors (Lipinski definition) is 5. The van der Waals surface area contributed by atoms with Crippen LogP contribution in [0.2, 0.25) is 5.02 Å². The van der Waals surface area contributed by atoms with E-state index < -0.39 is 11.7 Å². The maximum absolute atomic E-state index is 12.9. The summed E-state index contributed by atoms with van der Waals surface area (Å²) in [6, 6.07) is 7.99. The molecule has 1 fully saturated rings. The third-order valence-corrected chi connectivity index (χ3v) is 6.93. The van der Waals surface area contributed by atoms with E-state index in [0.29, 0.717) is 24.7 Å². The Morgan fingerprint density at radius 1 is 1.24 bits per heavy atom. The van der Waals surface area contributed by atoms with Crippen molar-refractivity contribution in [3.63, 3.8) is 0 Å². The van der Waals surface area contributed by atoms with E-state index in [1.165, 1.54) is 0 Å². The second-order valence-electron chi connectivity index (χ2n) is 10.1. The van der Waals surface area contributed by atoms with E-state index in [0.717, 1.165) is 42.9 Å². The number of aryl methyl sites for hydroxylation is 1. The average Bonchev–Trinajstić information content (AvgIpc) is 3.11. The number of halogens is 1. The van der Waals surface area contributed by atoms with Crippen LogP contribution in [0.3, 0.4) is 0 Å². The Morgan fingerprint density at radius 3 is 2.64 bits per heavy atom. The molecule has 2 heterocycles. The second kappa shape index (κ2) is 8.97. The lowest BCUT2D eigenvalue weighted by Crippen LogP contribution is -2.51. The van der Waals surface area contributed by atoms with E-state index in [4.69, 9.17) is 16.3 Å². The molecule has 0 radical (unpaired) electrons. The topological polar surface area (TPSA) is 89.4 Å². The van der Waals surface area contributed by atoms with Crippen LogP contribution in [0.15, 0.2) is 24.3 Å². The summed E-state index contributed by atoms with van der Waals surface area (Å²) in [5.41, 5.74) is 0.275. The van der Waals surface area contributed by atoms with Gasteiger partial charge in [-0.1, -0.05) is 23.7 Å². The first-order valence-electron chi connectivity index (χ1n) is 11.5. The number of carbonyl (C=O) groups is 2. The predicted octanol–water partition coefficient (Wildman–Crippen LogP) is 3.99. The normalized spacial score (nSPS) is 23.2. The molecule has 1 saturated carbocycles. The van der Waals surface area contributed by atoms with Crippen LogP contribution < -0.4 is 5.32 Å². The van der Waals surface area contributed by atoms with E-state index >= 15 is 0 Å². The number of benzene rings is 1. The van der Waals surface area contributed by atoms with Crippen LogP contribution in [-0.2, 0) is 28.0 Å². The maximum atomic E-state index is 12.9. The minimum Gasteiger partial charge on any atom is -0.444 e. The van der Waals surface area contributed by atoms with Gasteiger partial charge in [-0.25, -0.2) is 4.79 Å². The lowest BCUT2D eigenvalue weighted by Gasteiger charge is -2.45. The summed E-state index contributed by atoms with van der Waals surface area (Å²) in [6.45, 7) is 8.66. The Hall–Kier alpha value is -2.61. The molecule has 2 aromatic rings. The number of hydrogen-bond donors (Lipinski definition) is 1. The average molecular weight is 474 g/mol. The summed E-state index contributed by atoms with van der Waals surface area (Å²) in [7, 11) is 0. The number of alkyl carbamates (subject to hydrolysis) is 1. The number of fused-ring (bicyclic) bond motifs is 1. The molecule has 1 aliphatic heterocycles. The minimum absolute atomic E-state index is 0.109. The molecule has 8 nitrogen and oxygen atoms in total. The summed E-state index contributed by atoms with van der Waals surface area (Å²) in [4.78, 5) is 27.2. The van der Waals surface area contributed by atoms with Gasteiger partial charge in [0.25, 0.3) is 0 Å². The van der Waals surface area contributed by atoms with E-state index in [2.05, 4.69) is 21.6 Å². The zero-order valence-electron chi connectivity index (χ0n) is 19.7. The number of carbonyl (C=O) groups excluding carboxylic acids is 2. The summed E-state index contributed by atoms with van der Waals surface area (Å²) in [5, 5.41) is 12.0. The van der Waals surface area contributed by atoms with Gasteiger partial charge in [0, 0.05) is 23.0 Å². The first-order valence-corrected chi connectivity index (χ1v) is 11.9. The van der Waals surface area contributed by atoms with Gasteiger partial charge >= 0.3 is 6.09 Å². The monoisotopic (exact) mass is 473 g/mol. The van der Waals surface area contributed by atoms with Crippen molar-refractivity contribution in [3.05, 3.63) is 46.5 Å². The first kappa shape index (κ1) is 23.5. The van der Waals surface area contributed by atoms with Gasteiger partial charge in [-0.15, -0.1) is 10.2 Å². The van der Waals surface area contributed by atoms with Crippen molar-refractivity contribution in [3.8, 4) is 0 Å². The number of aromatic nitrogens is 3. The third-order valence-electron chi connectivity index (χ3n) is 6.70. The first-order chi connectivity index (χ1) is 15.6. The molecule has 1 aliphatic carbocycles. The highest BCUT2D eigenvalue weighted by Gasteiger charge is 2.41. The smallest absolute Gasteiger partial charge is 0.407 e. The summed E-state index contributed by atoms with van der Waals surface area (Å²) in [5.74, 6) is 1.72. The molecule has 2 aliphatic rings. The van der Waals surface area contributed by atoms with Crippen LogP contribution in [0.25, 0.3) is 0 Å². The number of amides is 2. The molecule has 1 N–H and O–H groups in total. The fraction of sp³-hybridized carbons (Fsp3) is 0.583. The van der Waals surface area contributed by atoms with E-state index in [9.17, 15) is 9.59 Å². The van der Waals surface area contributed by atoms with Crippen LogP contribution >= 0.6 is 11.6 Å². The largest absolute Gasteiger partial charge is 0.444 e. The zero-order valence-corrected chi connectivity index (χ0v) is 20.5. The van der Waals surface area contributed by atoms with Crippen LogP contribution in [0.4, 0.5) is 4.79 Å². The Kier molecular flexibility index (Phi) is 6.40. The number of nitrogens with zero attached hydrogens (tertiary/aromatic N) is 4. The van der Waals surface area contributed by atoms with Crippen molar-refractivity contribution in [2.75, 3.05) is 6.54 Å². The van der Waals surface area contributed by atoms with Gasteiger partial charge in [-0.3, -0.25) is 4.79 Å². The summed E-state index contributed by atoms with van der Waals surface area (Å²) in [6.07, 6.45) is 2.89. The fourth-order valence-corrected chi connectivity index (χ4v) is 5.15. The molecule has 4 rings (SSSR count). The molecular formula is C24H32ClN5O3. The molecule has 33 heavy (non-hydrogen) atoms. The Labute approximate surface area is 199 Å². The van der Waals surface area contributed by atoms with Crippen LogP contribution in [-0.4, -0.2) is 49.9 Å². The van der Waals surface area contributed by atoms with E-state index in [-0.39, 0.29) is 17.4 Å². The SMILES string of the molecule is Cc1nnc2n1CC(=O)N([C@H]1CC[C@](CNC(=O)OC(C)(C)C)(c3cccc(Cl)c3)CC1)C2. The Morgan fingerprint density at radius 2 is 1.97 bits per heavy atom. The summed E-state index contributed by atoms with van der Waals surface area (Å²) < 4.78 is 7.35. The Bertz CT molecular complexity index is 1040. The van der Waals surface area contributed by atoms with Crippen molar-refractivity contribution < 1.29 is 14.3 Å². The maximum Gasteiger partial charge on any atom is 0.407 e. The molecular weight excluding hydrogens is 442 g/mol. The highest BCUT2D eigenvalue weighted by molar-refractivity contribution is 6.30. The molecule has 0 bridgehead atoms. The Balaban J connectivity index is 1.49. The molecule has 0 atom stereocenters. The van der Waals surface area contributed by atoms with Gasteiger partial charge in [0.2, 0.25) is 5.91 Å². The molecule has 1 aromatic heterocycles. The lowest BCUT2D eigenvalue weighted by molar-refractivity contribution is -0.138. The van der Waals surface area contributed by atoms with Crippen LogP contribution in [0.5, 0.6) is 0 Å². The lowest BCUT2D eigenvalue weighted by atomic mass is 9.67.